The fraction of sp³-hybridized carbons (Fsp3) is 0.258. The van der Waals surface area contributed by atoms with E-state index in [1.165, 1.54) is 39.5 Å². The van der Waals surface area contributed by atoms with Gasteiger partial charge in [0.2, 0.25) is 0 Å². The molecule has 0 unspecified atom stereocenters. The molecule has 3 aromatic carbocycles. The molecule has 216 valence electrons. The molecule has 0 saturated carbocycles. The topological polar surface area (TPSA) is 71.8 Å². The van der Waals surface area contributed by atoms with Crippen LogP contribution in [0, 0.1) is 5.82 Å². The van der Waals surface area contributed by atoms with Gasteiger partial charge in [0.15, 0.2) is 5.75 Å². The lowest BCUT2D eigenvalue weighted by molar-refractivity contribution is 0.152. The van der Waals surface area contributed by atoms with Gasteiger partial charge in [0.05, 0.1) is 28.4 Å². The van der Waals surface area contributed by atoms with Crippen LogP contribution in [0.1, 0.15) is 38.6 Å². The van der Waals surface area contributed by atoms with Crippen molar-refractivity contribution in [3.05, 3.63) is 88.6 Å². The molecule has 0 atom stereocenters. The van der Waals surface area contributed by atoms with E-state index in [1.54, 1.807) is 50.4 Å². The predicted octanol–water partition coefficient (Wildman–Crippen LogP) is 6.78. The Hall–Kier alpha value is -4.80. The molecule has 11 heteroatoms. The second-order valence-electron chi connectivity index (χ2n) is 11.4. The Balaban J connectivity index is 1.67. The maximum absolute atomic E-state index is 14.5. The minimum atomic E-state index is -2.75. The summed E-state index contributed by atoms with van der Waals surface area (Å²) in [6, 6.07) is 12.3. The van der Waals surface area contributed by atoms with Gasteiger partial charge in [-0.3, -0.25) is 18.4 Å². The quantitative estimate of drug-likeness (QED) is 0.228. The van der Waals surface area contributed by atoms with Crippen molar-refractivity contribution < 1.29 is 17.9 Å². The molecule has 0 aliphatic heterocycles. The summed E-state index contributed by atoms with van der Waals surface area (Å²) >= 11 is 0. The van der Waals surface area contributed by atoms with Crippen LogP contribution in [0.15, 0.2) is 65.7 Å². The molecule has 0 aliphatic rings. The number of nitrogens with zero attached hydrogens (tertiary/aromatic N) is 6. The zero-order chi connectivity index (χ0) is 30.1. The number of fused-ring (bicyclic) bond motifs is 2. The lowest BCUT2D eigenvalue weighted by Crippen LogP contribution is -2.19. The largest absolute Gasteiger partial charge is 0.455 e. The summed E-state index contributed by atoms with van der Waals surface area (Å²) in [6.07, 6.45) is 0.496. The van der Waals surface area contributed by atoms with Crippen molar-refractivity contribution in [1.82, 2.24) is 28.5 Å². The average Bonchev–Trinajstić information content (AvgIpc) is 3.60. The highest BCUT2D eigenvalue weighted by molar-refractivity contribution is 5.89. The van der Waals surface area contributed by atoms with Gasteiger partial charge < -0.3 is 4.74 Å². The Morgan fingerprint density at radius 1 is 0.929 bits per heavy atom. The summed E-state index contributed by atoms with van der Waals surface area (Å²) in [6.45, 7) is 5.98. The van der Waals surface area contributed by atoms with E-state index in [4.69, 9.17) is 9.72 Å². The summed E-state index contributed by atoms with van der Waals surface area (Å²) in [7, 11) is 5.03. The predicted molar refractivity (Wildman–Crippen MR) is 155 cm³/mol. The van der Waals surface area contributed by atoms with Crippen molar-refractivity contribution in [2.75, 3.05) is 0 Å². The van der Waals surface area contributed by atoms with Crippen molar-refractivity contribution >= 4 is 22.1 Å². The van der Waals surface area contributed by atoms with Gasteiger partial charge in [-0.25, -0.2) is 22.9 Å². The van der Waals surface area contributed by atoms with Crippen LogP contribution in [-0.2, 0) is 26.6 Å². The smallest absolute Gasteiger partial charge is 0.328 e. The molecule has 0 N–H and O–H groups in total. The van der Waals surface area contributed by atoms with E-state index < -0.39 is 17.7 Å². The monoisotopic (exact) mass is 574 g/mol. The zero-order valence-electron chi connectivity index (χ0n) is 24.0. The van der Waals surface area contributed by atoms with Crippen LogP contribution < -0.4 is 10.4 Å². The lowest BCUT2D eigenvalue weighted by Gasteiger charge is -2.21. The van der Waals surface area contributed by atoms with Gasteiger partial charge in [0, 0.05) is 49.9 Å². The molecule has 0 bridgehead atoms. The molecule has 0 saturated heterocycles. The van der Waals surface area contributed by atoms with Crippen molar-refractivity contribution in [3.63, 3.8) is 0 Å². The van der Waals surface area contributed by atoms with Gasteiger partial charge in [-0.2, -0.15) is 5.10 Å². The third-order valence-electron chi connectivity index (χ3n) is 7.36. The Morgan fingerprint density at radius 3 is 2.26 bits per heavy atom. The van der Waals surface area contributed by atoms with Crippen molar-refractivity contribution in [1.29, 1.82) is 0 Å². The number of hydrogen-bond donors (Lipinski definition) is 0. The van der Waals surface area contributed by atoms with Crippen molar-refractivity contribution in [3.8, 4) is 28.3 Å². The number of aryl methyl sites for hydroxylation is 3. The second-order valence-corrected chi connectivity index (χ2v) is 11.4. The minimum absolute atomic E-state index is 0.145. The number of hydrogen-bond acceptors (Lipinski definition) is 4. The molecule has 3 heterocycles. The molecule has 0 spiro atoms. The maximum Gasteiger partial charge on any atom is 0.328 e. The molecular weight excluding hydrogens is 545 g/mol. The first-order chi connectivity index (χ1) is 19.8. The third-order valence-corrected chi connectivity index (χ3v) is 7.36. The molecular formula is C31H29F3N6O2. The number of halogens is 3. The number of aromatic nitrogens is 6. The highest BCUT2D eigenvalue weighted by Gasteiger charge is 2.28. The summed E-state index contributed by atoms with van der Waals surface area (Å²) in [5.74, 6) is 0.943. The van der Waals surface area contributed by atoms with Gasteiger partial charge >= 0.3 is 5.69 Å². The number of benzene rings is 3. The average molecular weight is 575 g/mol. The zero-order valence-corrected chi connectivity index (χ0v) is 24.0. The first-order valence-electron chi connectivity index (χ1n) is 13.3. The third kappa shape index (κ3) is 4.45. The minimum Gasteiger partial charge on any atom is -0.455 e. The fourth-order valence-corrected chi connectivity index (χ4v) is 5.33. The van der Waals surface area contributed by atoms with Crippen LogP contribution >= 0.6 is 0 Å². The van der Waals surface area contributed by atoms with Crippen LogP contribution in [0.4, 0.5) is 13.2 Å². The molecule has 3 aromatic heterocycles. The van der Waals surface area contributed by atoms with E-state index in [-0.39, 0.29) is 11.3 Å². The molecule has 0 fully saturated rings. The van der Waals surface area contributed by atoms with E-state index in [0.717, 1.165) is 0 Å². The summed E-state index contributed by atoms with van der Waals surface area (Å²) in [4.78, 5) is 17.9. The number of rotatable bonds is 5. The Kier molecular flexibility index (Phi) is 6.29. The van der Waals surface area contributed by atoms with E-state index in [9.17, 15) is 18.0 Å². The van der Waals surface area contributed by atoms with E-state index >= 15 is 0 Å². The van der Waals surface area contributed by atoms with Crippen LogP contribution in [-0.4, -0.2) is 28.5 Å². The van der Waals surface area contributed by atoms with Crippen LogP contribution in [0.5, 0.6) is 11.5 Å². The van der Waals surface area contributed by atoms with Gasteiger partial charge in [-0.1, -0.05) is 20.8 Å². The normalized spacial score (nSPS) is 12.2. The van der Waals surface area contributed by atoms with Crippen LogP contribution in [0.2, 0.25) is 0 Å². The molecule has 0 amide bonds. The van der Waals surface area contributed by atoms with E-state index in [1.807, 2.05) is 31.4 Å². The molecule has 42 heavy (non-hydrogen) atoms. The van der Waals surface area contributed by atoms with Gasteiger partial charge in [0.25, 0.3) is 6.43 Å². The Bertz CT molecular complexity index is 2040. The molecule has 0 radical (unpaired) electrons. The fourth-order valence-electron chi connectivity index (χ4n) is 5.33. The second kappa shape index (κ2) is 9.64. The highest BCUT2D eigenvalue weighted by Crippen LogP contribution is 2.40. The number of ether oxygens (including phenoxy) is 1. The number of imidazole rings is 2. The van der Waals surface area contributed by atoms with Crippen molar-refractivity contribution in [2.45, 2.75) is 32.6 Å². The SMILES string of the molecule is Cn1cc(-c2cc3nc(C(C)(C)C)n(-c4cc(Oc5ccc(F)cc5)c5c(c4)n(C)c(=O)n5C)c3cc2C(F)F)cn1. The van der Waals surface area contributed by atoms with Crippen LogP contribution in [0.3, 0.4) is 0 Å². The standard InChI is InChI=1S/C31H29F3N6O2/c1-31(2,3)29-36-23-13-21(17-15-35-37(4)16-17)22(28(33)34)14-24(23)40(29)19-11-25-27(39(6)30(41)38(25)5)26(12-19)42-20-9-7-18(32)8-10-20/h7-16,28H,1-6H3. The first kappa shape index (κ1) is 27.4. The Morgan fingerprint density at radius 2 is 1.64 bits per heavy atom. The lowest BCUT2D eigenvalue weighted by atomic mass is 9.95. The summed E-state index contributed by atoms with van der Waals surface area (Å²) in [5.41, 5.74) is 2.71. The van der Waals surface area contributed by atoms with Crippen LogP contribution in [0.25, 0.3) is 38.9 Å². The van der Waals surface area contributed by atoms with Gasteiger partial charge in [-0.05, 0) is 48.0 Å². The summed E-state index contributed by atoms with van der Waals surface area (Å²) < 4.78 is 55.2. The molecule has 6 aromatic rings. The van der Waals surface area contributed by atoms with E-state index in [0.29, 0.717) is 56.2 Å². The first-order valence-corrected chi connectivity index (χ1v) is 13.3. The molecule has 0 aliphatic carbocycles. The summed E-state index contributed by atoms with van der Waals surface area (Å²) in [5, 5.41) is 4.16. The van der Waals surface area contributed by atoms with Gasteiger partial charge in [0.1, 0.15) is 22.9 Å². The van der Waals surface area contributed by atoms with E-state index in [2.05, 4.69) is 5.10 Å². The highest BCUT2D eigenvalue weighted by atomic mass is 19.3. The van der Waals surface area contributed by atoms with Gasteiger partial charge in [-0.15, -0.1) is 0 Å². The Labute approximate surface area is 239 Å². The molecule has 8 nitrogen and oxygen atoms in total. The van der Waals surface area contributed by atoms with Crippen molar-refractivity contribution in [2.24, 2.45) is 21.1 Å². The maximum atomic E-state index is 14.5. The number of alkyl halides is 2. The molecule has 6 rings (SSSR count).